The summed E-state index contributed by atoms with van der Waals surface area (Å²) in [5.41, 5.74) is 8.09. The third kappa shape index (κ3) is 5.28. The van der Waals surface area contributed by atoms with Gasteiger partial charge in [-0.1, -0.05) is 12.1 Å². The Balaban J connectivity index is 1.35. The summed E-state index contributed by atoms with van der Waals surface area (Å²) in [6.07, 6.45) is -9.14. The van der Waals surface area contributed by atoms with Crippen molar-refractivity contribution in [2.24, 2.45) is 0 Å². The third-order valence-electron chi connectivity index (χ3n) is 6.81. The average molecular weight is 571 g/mol. The van der Waals surface area contributed by atoms with Crippen molar-refractivity contribution in [3.05, 3.63) is 47.8 Å². The van der Waals surface area contributed by atoms with E-state index in [2.05, 4.69) is 15.4 Å². The fourth-order valence-corrected chi connectivity index (χ4v) is 4.90. The molecule has 2 amide bonds. The minimum absolute atomic E-state index is 0.0747. The van der Waals surface area contributed by atoms with Gasteiger partial charge in [0.05, 0.1) is 31.4 Å². The number of carbonyl (C=O) groups is 2. The van der Waals surface area contributed by atoms with Gasteiger partial charge in [-0.2, -0.15) is 18.3 Å². The number of benzene rings is 1. The average Bonchev–Trinajstić information content (AvgIpc) is 3.42. The minimum Gasteiger partial charge on any atom is -0.382 e. The first kappa shape index (κ1) is 27.6. The highest BCUT2D eigenvalue weighted by molar-refractivity contribution is 5.96. The molecule has 1 aromatic carbocycles. The van der Waals surface area contributed by atoms with Crippen molar-refractivity contribution in [3.63, 3.8) is 0 Å². The van der Waals surface area contributed by atoms with Crippen molar-refractivity contribution in [1.82, 2.24) is 29.7 Å². The predicted molar refractivity (Wildman–Crippen MR) is 128 cm³/mol. The maximum atomic E-state index is 14.5. The monoisotopic (exact) mass is 571 g/mol. The van der Waals surface area contributed by atoms with E-state index in [0.29, 0.717) is 27.2 Å². The van der Waals surface area contributed by atoms with E-state index in [4.69, 9.17) is 5.73 Å². The summed E-state index contributed by atoms with van der Waals surface area (Å²) in [6.45, 7) is -1.93. The second kappa shape index (κ2) is 9.92. The third-order valence-corrected chi connectivity index (χ3v) is 6.81. The van der Waals surface area contributed by atoms with E-state index in [1.165, 1.54) is 27.9 Å². The van der Waals surface area contributed by atoms with Crippen molar-refractivity contribution in [2.75, 3.05) is 31.9 Å². The highest BCUT2D eigenvalue weighted by Crippen LogP contribution is 2.33. The predicted octanol–water partition coefficient (Wildman–Crippen LogP) is 1.63. The molecule has 0 spiro atoms. The molecule has 10 nitrogen and oxygen atoms in total. The van der Waals surface area contributed by atoms with Gasteiger partial charge in [-0.05, 0) is 23.8 Å². The molecular weight excluding hydrogens is 548 g/mol. The van der Waals surface area contributed by atoms with Crippen molar-refractivity contribution in [2.45, 2.75) is 37.0 Å². The number of aromatic nitrogens is 3. The summed E-state index contributed by atoms with van der Waals surface area (Å²) in [4.78, 5) is 30.9. The number of nitrogen functional groups attached to an aromatic ring is 1. The molecular formula is C24H23F6N7O3. The van der Waals surface area contributed by atoms with Crippen LogP contribution in [0.25, 0.3) is 16.8 Å². The number of nitrogens with one attached hydrogen (secondary N) is 1. The molecule has 0 radical (unpaired) electrons. The lowest BCUT2D eigenvalue weighted by molar-refractivity contribution is -0.210. The molecule has 2 saturated heterocycles. The van der Waals surface area contributed by atoms with Crippen molar-refractivity contribution in [3.8, 4) is 11.3 Å². The van der Waals surface area contributed by atoms with E-state index in [1.54, 1.807) is 18.2 Å². The maximum Gasteiger partial charge on any atom is 0.423 e. The number of aliphatic hydroxyl groups is 1. The summed E-state index contributed by atoms with van der Waals surface area (Å²) in [6, 6.07) is 6.49. The second-order valence-corrected chi connectivity index (χ2v) is 9.83. The van der Waals surface area contributed by atoms with Gasteiger partial charge in [-0.15, -0.1) is 0 Å². The summed E-state index contributed by atoms with van der Waals surface area (Å²) >= 11 is 0. The normalized spacial score (nSPS) is 21.8. The number of anilines is 1. The minimum atomic E-state index is -5.20. The lowest BCUT2D eigenvalue weighted by atomic mass is 10.1. The van der Waals surface area contributed by atoms with Gasteiger partial charge in [0.25, 0.3) is 17.7 Å². The zero-order valence-corrected chi connectivity index (χ0v) is 20.6. The van der Waals surface area contributed by atoms with Gasteiger partial charge in [0.15, 0.2) is 5.82 Å². The highest BCUT2D eigenvalue weighted by Gasteiger charge is 2.48. The number of aliphatic hydroxyl groups excluding tert-OH is 1. The number of alkyl halides is 6. The number of rotatable bonds is 6. The molecule has 2 aromatic heterocycles. The fourth-order valence-electron chi connectivity index (χ4n) is 4.90. The Bertz CT molecular complexity index is 1450. The first-order valence-electron chi connectivity index (χ1n) is 12.0. The number of fused-ring (bicyclic) bond motifs is 1. The van der Waals surface area contributed by atoms with Gasteiger partial charge >= 0.3 is 6.18 Å². The summed E-state index contributed by atoms with van der Waals surface area (Å²) in [5.74, 6) is -5.09. The number of likely N-dealkylation sites (tertiary alicyclic amines) is 2. The first-order valence-corrected chi connectivity index (χ1v) is 12.0. The molecule has 2 fully saturated rings. The van der Waals surface area contributed by atoms with Gasteiger partial charge < -0.3 is 21.1 Å². The highest BCUT2D eigenvalue weighted by atomic mass is 19.4. The molecule has 3 atom stereocenters. The van der Waals surface area contributed by atoms with Crippen LogP contribution in [0, 0.1) is 0 Å². The lowest BCUT2D eigenvalue weighted by Crippen LogP contribution is -2.55. The number of hydrogen-bond donors (Lipinski definition) is 3. The molecule has 0 aliphatic carbocycles. The Morgan fingerprint density at radius 1 is 1.20 bits per heavy atom. The van der Waals surface area contributed by atoms with Crippen LogP contribution in [0.1, 0.15) is 15.9 Å². The first-order chi connectivity index (χ1) is 18.7. The van der Waals surface area contributed by atoms with Gasteiger partial charge in [-0.25, -0.2) is 22.7 Å². The fraction of sp³-hybridized carbons (Fsp3) is 0.417. The number of carbonyl (C=O) groups excluding carboxylic acids is 2. The van der Waals surface area contributed by atoms with Crippen LogP contribution in [0.5, 0.6) is 0 Å². The summed E-state index contributed by atoms with van der Waals surface area (Å²) in [7, 11) is 0. The van der Waals surface area contributed by atoms with Crippen LogP contribution in [0.2, 0.25) is 0 Å². The molecule has 0 saturated carbocycles. The van der Waals surface area contributed by atoms with Crippen LogP contribution >= 0.6 is 0 Å². The molecule has 5 rings (SSSR count). The molecule has 4 N–H and O–H groups in total. The number of hydrogen-bond acceptors (Lipinski definition) is 7. The van der Waals surface area contributed by atoms with Crippen molar-refractivity contribution < 1.29 is 41.0 Å². The van der Waals surface area contributed by atoms with Gasteiger partial charge in [0.2, 0.25) is 6.10 Å². The van der Waals surface area contributed by atoms with E-state index >= 15 is 0 Å². The number of nitrogens with zero attached hydrogens (tertiary/aromatic N) is 5. The SMILES string of the molecule is Nc1ncnn2c(-c3cccc(C(=O)N[C@@H]4CN(C(=O)[C@@H](O)C(F)(F)F)C[C@@H]4F)c3)cc(CN3CC(F)(F)C3)c12. The molecule has 214 valence electrons. The van der Waals surface area contributed by atoms with E-state index < -0.39 is 68.4 Å². The molecule has 0 unspecified atom stereocenters. The Hall–Kier alpha value is -3.92. The van der Waals surface area contributed by atoms with Crippen LogP contribution < -0.4 is 11.1 Å². The molecule has 0 bridgehead atoms. The number of halogens is 6. The Morgan fingerprint density at radius 2 is 1.93 bits per heavy atom. The zero-order chi connectivity index (χ0) is 29.0. The van der Waals surface area contributed by atoms with E-state index in [-0.39, 0.29) is 17.9 Å². The summed E-state index contributed by atoms with van der Waals surface area (Å²) < 4.78 is 80.8. The largest absolute Gasteiger partial charge is 0.423 e. The molecule has 16 heteroatoms. The number of nitrogens with two attached hydrogens (primary N) is 1. The Kier molecular flexibility index (Phi) is 6.86. The molecule has 4 heterocycles. The standard InChI is InChI=1S/C24H23F6N7O3/c25-15-7-36(22(40)19(38)24(28,29)30)8-16(15)34-21(39)13-3-1-2-12(4-13)17-5-14(6-35-9-23(26,27)10-35)18-20(31)32-11-33-37(17)18/h1-5,11,15-16,19,38H,6-10H2,(H,34,39)(H2,31,32,33)/t15-,16+,19+/m0/s1. The Morgan fingerprint density at radius 3 is 2.60 bits per heavy atom. The van der Waals surface area contributed by atoms with Crippen molar-refractivity contribution >= 4 is 23.1 Å². The van der Waals surface area contributed by atoms with Crippen LogP contribution in [0.3, 0.4) is 0 Å². The zero-order valence-electron chi connectivity index (χ0n) is 20.6. The van der Waals surface area contributed by atoms with E-state index in [1.807, 2.05) is 0 Å². The lowest BCUT2D eigenvalue weighted by Gasteiger charge is -2.38. The molecule has 2 aliphatic heterocycles. The summed E-state index contributed by atoms with van der Waals surface area (Å²) in [5, 5.41) is 15.8. The van der Waals surface area contributed by atoms with Gasteiger partial charge in [0.1, 0.15) is 18.0 Å². The van der Waals surface area contributed by atoms with Gasteiger partial charge in [0, 0.05) is 24.2 Å². The second-order valence-electron chi connectivity index (χ2n) is 9.83. The van der Waals surface area contributed by atoms with Crippen molar-refractivity contribution in [1.29, 1.82) is 0 Å². The van der Waals surface area contributed by atoms with Gasteiger partial charge in [-0.3, -0.25) is 14.5 Å². The smallest absolute Gasteiger partial charge is 0.382 e. The Labute approximate surface area is 222 Å². The van der Waals surface area contributed by atoms with Crippen LogP contribution in [0.4, 0.5) is 32.2 Å². The quantitative estimate of drug-likeness (QED) is 0.384. The molecule has 2 aliphatic rings. The van der Waals surface area contributed by atoms with Crippen LogP contribution in [-0.2, 0) is 11.3 Å². The van der Waals surface area contributed by atoms with Crippen LogP contribution in [0.15, 0.2) is 36.7 Å². The maximum absolute atomic E-state index is 14.5. The number of amides is 2. The topological polar surface area (TPSA) is 129 Å². The van der Waals surface area contributed by atoms with Crippen LogP contribution in [-0.4, -0.2) is 97.9 Å². The molecule has 3 aromatic rings. The van der Waals surface area contributed by atoms with E-state index in [9.17, 15) is 41.0 Å². The molecule has 40 heavy (non-hydrogen) atoms. The van der Waals surface area contributed by atoms with E-state index in [0.717, 1.165) is 0 Å².